The lowest BCUT2D eigenvalue weighted by Crippen LogP contribution is -2.36. The van der Waals surface area contributed by atoms with Crippen LogP contribution in [-0.4, -0.2) is 44.6 Å². The minimum Gasteiger partial charge on any atom is -0.406 e. The average Bonchev–Trinajstić information content (AvgIpc) is 3.50. The number of halogens is 4. The number of aromatic nitrogens is 3. The number of thioether (sulfide) groups is 1. The van der Waals surface area contributed by atoms with Gasteiger partial charge in [-0.05, 0) is 60.7 Å². The highest BCUT2D eigenvalue weighted by atomic mass is 32.2. The zero-order valence-electron chi connectivity index (χ0n) is 24.7. The molecule has 0 atom stereocenters. The number of nitrogens with zero attached hydrogens (tertiary/aromatic N) is 5. The van der Waals surface area contributed by atoms with Crippen molar-refractivity contribution in [3.8, 4) is 22.8 Å². The largest absolute Gasteiger partial charge is 0.573 e. The van der Waals surface area contributed by atoms with Gasteiger partial charge in [0, 0.05) is 35.3 Å². The second-order valence-electron chi connectivity index (χ2n) is 10.5. The lowest BCUT2D eigenvalue weighted by atomic mass is 9.95. The van der Waals surface area contributed by atoms with Crippen LogP contribution in [0.15, 0.2) is 84.2 Å². The fourth-order valence-electron chi connectivity index (χ4n) is 4.95. The molecule has 2 heterocycles. The Balaban J connectivity index is 1.24. The second kappa shape index (κ2) is 13.6. The molecule has 5 rings (SSSR count). The summed E-state index contributed by atoms with van der Waals surface area (Å²) < 4.78 is 57.5. The lowest BCUT2D eigenvalue weighted by molar-refractivity contribution is -0.274. The lowest BCUT2D eigenvalue weighted by Gasteiger charge is -2.32. The maximum atomic E-state index is 15.0. The van der Waals surface area contributed by atoms with Gasteiger partial charge < -0.3 is 15.0 Å². The second-order valence-corrected chi connectivity index (χ2v) is 11.5. The molecule has 0 bridgehead atoms. The number of urea groups is 1. The molecule has 13 heteroatoms. The molecule has 8 nitrogen and oxygen atoms in total. The van der Waals surface area contributed by atoms with Gasteiger partial charge in [-0.15, -0.1) is 18.3 Å². The van der Waals surface area contributed by atoms with E-state index in [1.807, 2.05) is 12.1 Å². The van der Waals surface area contributed by atoms with Gasteiger partial charge in [0.25, 0.3) is 0 Å². The molecule has 0 aliphatic carbocycles. The molecular weight excluding hydrogens is 608 g/mol. The molecule has 45 heavy (non-hydrogen) atoms. The molecule has 1 fully saturated rings. The van der Waals surface area contributed by atoms with E-state index in [0.717, 1.165) is 30.6 Å². The maximum absolute atomic E-state index is 15.0. The third-order valence-electron chi connectivity index (χ3n) is 6.92. The number of nitrogens with one attached hydrogen (secondary N) is 1. The van der Waals surface area contributed by atoms with E-state index in [1.54, 1.807) is 12.1 Å². The first kappa shape index (κ1) is 31.8. The highest BCUT2D eigenvalue weighted by Crippen LogP contribution is 2.34. The first-order valence-electron chi connectivity index (χ1n) is 14.1. The van der Waals surface area contributed by atoms with Gasteiger partial charge in [-0.25, -0.2) is 18.9 Å². The van der Waals surface area contributed by atoms with Gasteiger partial charge in [0.1, 0.15) is 17.9 Å². The fourth-order valence-corrected chi connectivity index (χ4v) is 5.90. The SMILES string of the molecule is Cc1cccc(N2CCCSC2=NC(=O)N/C=C(\F)c2ccc(-c3ncn(-c4ccc(OC(F)(F)F)cc4)n3)cc2)c1C(C)C. The van der Waals surface area contributed by atoms with Crippen molar-refractivity contribution in [3.63, 3.8) is 0 Å². The van der Waals surface area contributed by atoms with Crippen LogP contribution in [0, 0.1) is 6.92 Å². The minimum absolute atomic E-state index is 0.224. The number of carbonyl (C=O) groups excluding carboxylic acids is 1. The Morgan fingerprint density at radius 1 is 1.09 bits per heavy atom. The standard InChI is InChI=1S/C32H30F4N6O2S/c1-20(2)28-21(3)6-4-7-27(28)41-16-5-17-45-31(41)39-30(43)37-18-26(33)22-8-10-23(11-9-22)29-38-19-42(40-29)24-12-14-25(15-13-24)44-32(34,35)36/h4,6-15,18-20H,5,16-17H2,1-3H3,(H,37,43)/b26-18-,39-31?. The summed E-state index contributed by atoms with van der Waals surface area (Å²) in [6.07, 6.45) is -1.44. The van der Waals surface area contributed by atoms with Crippen LogP contribution >= 0.6 is 11.8 Å². The molecule has 3 aromatic carbocycles. The summed E-state index contributed by atoms with van der Waals surface area (Å²) in [5.74, 6) is 0.440. The number of aliphatic imine (C=N–C) groups is 1. The number of alkyl halides is 3. The van der Waals surface area contributed by atoms with Crippen LogP contribution in [0.3, 0.4) is 0 Å². The van der Waals surface area contributed by atoms with Crippen molar-refractivity contribution in [2.75, 3.05) is 17.2 Å². The van der Waals surface area contributed by atoms with Crippen molar-refractivity contribution in [1.29, 1.82) is 0 Å². The van der Waals surface area contributed by atoms with Gasteiger partial charge in [0.05, 0.1) is 5.69 Å². The predicted octanol–water partition coefficient (Wildman–Crippen LogP) is 8.24. The number of hydrogen-bond donors (Lipinski definition) is 1. The predicted molar refractivity (Wildman–Crippen MR) is 168 cm³/mol. The van der Waals surface area contributed by atoms with Gasteiger partial charge >= 0.3 is 12.4 Å². The van der Waals surface area contributed by atoms with E-state index in [4.69, 9.17) is 0 Å². The van der Waals surface area contributed by atoms with Crippen LogP contribution < -0.4 is 15.0 Å². The number of ether oxygens (including phenoxy) is 1. The van der Waals surface area contributed by atoms with E-state index in [0.29, 0.717) is 28.2 Å². The molecule has 4 aromatic rings. The van der Waals surface area contributed by atoms with Gasteiger partial charge in [0.15, 0.2) is 11.0 Å². The van der Waals surface area contributed by atoms with Crippen LogP contribution in [-0.2, 0) is 0 Å². The first-order chi connectivity index (χ1) is 21.5. The summed E-state index contributed by atoms with van der Waals surface area (Å²) in [5, 5.41) is 7.35. The third kappa shape index (κ3) is 7.90. The zero-order valence-corrected chi connectivity index (χ0v) is 25.5. The zero-order chi connectivity index (χ0) is 32.1. The van der Waals surface area contributed by atoms with E-state index in [1.165, 1.54) is 70.3 Å². The Morgan fingerprint density at radius 3 is 2.51 bits per heavy atom. The van der Waals surface area contributed by atoms with Crippen LogP contribution in [0.25, 0.3) is 22.9 Å². The summed E-state index contributed by atoms with van der Waals surface area (Å²) in [6, 6.07) is 16.9. The fraction of sp³-hybridized carbons (Fsp3) is 0.250. The number of aryl methyl sites for hydroxylation is 1. The average molecular weight is 639 g/mol. The summed E-state index contributed by atoms with van der Waals surface area (Å²) >= 11 is 1.49. The molecule has 1 aliphatic rings. The molecule has 1 N–H and O–H groups in total. The number of hydrogen-bond acceptors (Lipinski definition) is 5. The molecule has 0 saturated carbocycles. The molecule has 0 radical (unpaired) electrons. The van der Waals surface area contributed by atoms with Gasteiger partial charge in [-0.1, -0.05) is 62.0 Å². The first-order valence-corrected chi connectivity index (χ1v) is 15.1. The molecule has 1 saturated heterocycles. The van der Waals surface area contributed by atoms with Gasteiger partial charge in [-0.2, -0.15) is 4.99 Å². The number of anilines is 1. The van der Waals surface area contributed by atoms with Crippen LogP contribution in [0.5, 0.6) is 5.75 Å². The quantitative estimate of drug-likeness (QED) is 0.205. The summed E-state index contributed by atoms with van der Waals surface area (Å²) in [5.41, 5.74) is 4.69. The molecule has 1 aliphatic heterocycles. The topological polar surface area (TPSA) is 84.6 Å². The van der Waals surface area contributed by atoms with Crippen LogP contribution in [0.4, 0.5) is 28.0 Å². The third-order valence-corrected chi connectivity index (χ3v) is 7.99. The highest BCUT2D eigenvalue weighted by Gasteiger charge is 2.31. The highest BCUT2D eigenvalue weighted by molar-refractivity contribution is 8.14. The molecule has 234 valence electrons. The molecular formula is C32H30F4N6O2S. The Bertz CT molecular complexity index is 1720. The minimum atomic E-state index is -4.78. The van der Waals surface area contributed by atoms with Crippen LogP contribution in [0.2, 0.25) is 0 Å². The van der Waals surface area contributed by atoms with E-state index in [2.05, 4.69) is 56.9 Å². The number of amidine groups is 1. The Kier molecular flexibility index (Phi) is 9.57. The summed E-state index contributed by atoms with van der Waals surface area (Å²) in [6.45, 7) is 7.08. The van der Waals surface area contributed by atoms with E-state index < -0.39 is 18.2 Å². The number of amides is 2. The number of carbonyl (C=O) groups is 1. The summed E-state index contributed by atoms with van der Waals surface area (Å²) in [7, 11) is 0. The maximum Gasteiger partial charge on any atom is 0.573 e. The Labute approximate surface area is 261 Å². The van der Waals surface area contributed by atoms with Crippen molar-refractivity contribution in [1.82, 2.24) is 20.1 Å². The molecule has 2 amide bonds. The number of rotatable bonds is 7. The van der Waals surface area contributed by atoms with Crippen molar-refractivity contribution in [2.45, 2.75) is 39.5 Å². The van der Waals surface area contributed by atoms with E-state index >= 15 is 0 Å². The smallest absolute Gasteiger partial charge is 0.406 e. The van der Waals surface area contributed by atoms with Crippen molar-refractivity contribution < 1.29 is 27.1 Å². The monoisotopic (exact) mass is 638 g/mol. The summed E-state index contributed by atoms with van der Waals surface area (Å²) in [4.78, 5) is 23.3. The molecule has 0 unspecified atom stereocenters. The van der Waals surface area contributed by atoms with Crippen molar-refractivity contribution in [2.24, 2.45) is 4.99 Å². The van der Waals surface area contributed by atoms with Gasteiger partial charge in [0.2, 0.25) is 0 Å². The molecule has 1 aromatic heterocycles. The van der Waals surface area contributed by atoms with Gasteiger partial charge in [-0.3, -0.25) is 0 Å². The molecule has 0 spiro atoms. The normalized spacial score (nSPS) is 15.1. The van der Waals surface area contributed by atoms with E-state index in [-0.39, 0.29) is 11.3 Å². The van der Waals surface area contributed by atoms with Crippen molar-refractivity contribution >= 4 is 34.5 Å². The van der Waals surface area contributed by atoms with E-state index in [9.17, 15) is 22.4 Å². The Morgan fingerprint density at radius 2 is 1.82 bits per heavy atom. The van der Waals surface area contributed by atoms with Crippen molar-refractivity contribution in [3.05, 3.63) is 95.9 Å². The Hall–Kier alpha value is -4.65. The number of benzene rings is 3. The van der Waals surface area contributed by atoms with Crippen LogP contribution in [0.1, 0.15) is 42.9 Å².